The summed E-state index contributed by atoms with van der Waals surface area (Å²) in [6.07, 6.45) is 4.68. The fourth-order valence-electron chi connectivity index (χ4n) is 2.20. The lowest BCUT2D eigenvalue weighted by molar-refractivity contribution is -0.111. The van der Waals surface area contributed by atoms with Gasteiger partial charge in [0.25, 0.3) is 0 Å². The lowest BCUT2D eigenvalue weighted by atomic mass is 10.1. The third-order valence-corrected chi connectivity index (χ3v) is 3.50. The Balaban J connectivity index is 1.82. The molecule has 2 aromatic carbocycles. The Kier molecular flexibility index (Phi) is 4.35. The quantitative estimate of drug-likeness (QED) is 0.710. The predicted molar refractivity (Wildman–Crippen MR) is 90.8 cm³/mol. The number of hydrogen-bond donors (Lipinski definition) is 1. The summed E-state index contributed by atoms with van der Waals surface area (Å²) in [5.41, 5.74) is 1.65. The van der Waals surface area contributed by atoms with Crippen LogP contribution in [-0.4, -0.2) is 10.9 Å². The maximum atomic E-state index is 13.6. The number of para-hydroxylation sites is 1. The summed E-state index contributed by atoms with van der Waals surface area (Å²) < 4.78 is 13.6. The number of amides is 1. The molecule has 1 aromatic heterocycles. The standard InChI is InChI=1S/C18H12ClFN2O/c19-14-7-8-15(20)16(11-14)22-17(23)9-6-13-4-1-3-12-5-2-10-21-18(12)13/h1-11H,(H,22,23)/b9-6+. The Bertz CT molecular complexity index is 903. The molecule has 1 N–H and O–H groups in total. The van der Waals surface area contributed by atoms with Crippen molar-refractivity contribution < 1.29 is 9.18 Å². The smallest absolute Gasteiger partial charge is 0.248 e. The van der Waals surface area contributed by atoms with Gasteiger partial charge in [0, 0.05) is 28.2 Å². The zero-order chi connectivity index (χ0) is 16.2. The Morgan fingerprint density at radius 1 is 1.17 bits per heavy atom. The van der Waals surface area contributed by atoms with Gasteiger partial charge in [-0.1, -0.05) is 35.9 Å². The molecule has 0 atom stereocenters. The molecule has 3 aromatic rings. The lowest BCUT2D eigenvalue weighted by Crippen LogP contribution is -2.09. The van der Waals surface area contributed by atoms with Gasteiger partial charge in [-0.05, 0) is 30.3 Å². The summed E-state index contributed by atoms with van der Waals surface area (Å²) in [7, 11) is 0. The first-order chi connectivity index (χ1) is 11.1. The van der Waals surface area contributed by atoms with Crippen molar-refractivity contribution in [2.45, 2.75) is 0 Å². The number of anilines is 1. The Morgan fingerprint density at radius 2 is 2.00 bits per heavy atom. The molecule has 3 rings (SSSR count). The summed E-state index contributed by atoms with van der Waals surface area (Å²) >= 11 is 5.79. The topological polar surface area (TPSA) is 42.0 Å². The van der Waals surface area contributed by atoms with Crippen LogP contribution in [0.25, 0.3) is 17.0 Å². The van der Waals surface area contributed by atoms with Crippen molar-refractivity contribution in [3.8, 4) is 0 Å². The minimum absolute atomic E-state index is 0.0446. The van der Waals surface area contributed by atoms with E-state index in [2.05, 4.69) is 10.3 Å². The SMILES string of the molecule is O=C(/C=C/c1cccc2cccnc12)Nc1cc(Cl)ccc1F. The van der Waals surface area contributed by atoms with Gasteiger partial charge in [-0.2, -0.15) is 0 Å². The van der Waals surface area contributed by atoms with E-state index in [4.69, 9.17) is 11.6 Å². The molecule has 0 saturated heterocycles. The highest BCUT2D eigenvalue weighted by atomic mass is 35.5. The van der Waals surface area contributed by atoms with Crippen LogP contribution < -0.4 is 5.32 Å². The van der Waals surface area contributed by atoms with Crippen molar-refractivity contribution in [3.63, 3.8) is 0 Å². The third kappa shape index (κ3) is 3.55. The van der Waals surface area contributed by atoms with Crippen molar-refractivity contribution in [2.24, 2.45) is 0 Å². The molecule has 1 heterocycles. The molecule has 0 saturated carbocycles. The van der Waals surface area contributed by atoms with Gasteiger partial charge in [-0.3, -0.25) is 9.78 Å². The van der Waals surface area contributed by atoms with E-state index in [0.29, 0.717) is 5.02 Å². The highest BCUT2D eigenvalue weighted by Gasteiger charge is 2.06. The van der Waals surface area contributed by atoms with Crippen LogP contribution in [0.2, 0.25) is 5.02 Å². The number of hydrogen-bond acceptors (Lipinski definition) is 2. The highest BCUT2D eigenvalue weighted by Crippen LogP contribution is 2.20. The second-order valence-electron chi connectivity index (χ2n) is 4.87. The van der Waals surface area contributed by atoms with Crippen LogP contribution >= 0.6 is 11.6 Å². The molecule has 23 heavy (non-hydrogen) atoms. The average Bonchev–Trinajstić information content (AvgIpc) is 2.56. The molecule has 0 fully saturated rings. The molecule has 3 nitrogen and oxygen atoms in total. The Labute approximate surface area is 137 Å². The molecule has 5 heteroatoms. The largest absolute Gasteiger partial charge is 0.320 e. The minimum atomic E-state index is -0.539. The van der Waals surface area contributed by atoms with Gasteiger partial charge in [0.2, 0.25) is 5.91 Å². The average molecular weight is 327 g/mol. The molecule has 0 spiro atoms. The van der Waals surface area contributed by atoms with Gasteiger partial charge < -0.3 is 5.32 Å². The fourth-order valence-corrected chi connectivity index (χ4v) is 2.37. The zero-order valence-corrected chi connectivity index (χ0v) is 12.7. The number of halogens is 2. The summed E-state index contributed by atoms with van der Waals surface area (Å²) in [5.74, 6) is -0.984. The third-order valence-electron chi connectivity index (χ3n) is 3.26. The van der Waals surface area contributed by atoms with Crippen molar-refractivity contribution >= 4 is 40.2 Å². The van der Waals surface area contributed by atoms with E-state index in [-0.39, 0.29) is 5.69 Å². The predicted octanol–water partition coefficient (Wildman–Crippen LogP) is 4.68. The van der Waals surface area contributed by atoms with Crippen LogP contribution in [0.1, 0.15) is 5.56 Å². The Hall–Kier alpha value is -2.72. The summed E-state index contributed by atoms with van der Waals surface area (Å²) in [6, 6.07) is 13.5. The number of benzene rings is 2. The van der Waals surface area contributed by atoms with Gasteiger partial charge in [0.15, 0.2) is 0 Å². The monoisotopic (exact) mass is 326 g/mol. The van der Waals surface area contributed by atoms with E-state index in [1.54, 1.807) is 12.3 Å². The number of nitrogens with zero attached hydrogens (tertiary/aromatic N) is 1. The van der Waals surface area contributed by atoms with E-state index in [0.717, 1.165) is 16.5 Å². The highest BCUT2D eigenvalue weighted by molar-refractivity contribution is 6.31. The van der Waals surface area contributed by atoms with Crippen molar-refractivity contribution in [3.05, 3.63) is 77.2 Å². The van der Waals surface area contributed by atoms with Crippen molar-refractivity contribution in [1.82, 2.24) is 4.98 Å². The number of rotatable bonds is 3. The lowest BCUT2D eigenvalue weighted by Gasteiger charge is -2.04. The maximum absolute atomic E-state index is 13.6. The number of nitrogens with one attached hydrogen (secondary N) is 1. The van der Waals surface area contributed by atoms with Crippen LogP contribution in [-0.2, 0) is 4.79 Å². The molecular weight excluding hydrogens is 315 g/mol. The van der Waals surface area contributed by atoms with E-state index in [9.17, 15) is 9.18 Å². The van der Waals surface area contributed by atoms with E-state index >= 15 is 0 Å². The summed E-state index contributed by atoms with van der Waals surface area (Å²) in [5, 5.41) is 3.80. The van der Waals surface area contributed by atoms with Gasteiger partial charge in [-0.15, -0.1) is 0 Å². The van der Waals surface area contributed by atoms with Crippen LogP contribution in [0.3, 0.4) is 0 Å². The zero-order valence-electron chi connectivity index (χ0n) is 12.0. The minimum Gasteiger partial charge on any atom is -0.320 e. The van der Waals surface area contributed by atoms with Gasteiger partial charge in [-0.25, -0.2) is 4.39 Å². The first kappa shape index (κ1) is 15.2. The molecule has 0 unspecified atom stereocenters. The van der Waals surface area contributed by atoms with Crippen molar-refractivity contribution in [2.75, 3.05) is 5.32 Å². The molecule has 0 radical (unpaired) electrons. The second-order valence-corrected chi connectivity index (χ2v) is 5.31. The van der Waals surface area contributed by atoms with E-state index in [1.807, 2.05) is 30.3 Å². The normalized spacial score (nSPS) is 11.0. The van der Waals surface area contributed by atoms with Crippen molar-refractivity contribution in [1.29, 1.82) is 0 Å². The van der Waals surface area contributed by atoms with Crippen LogP contribution in [0.4, 0.5) is 10.1 Å². The summed E-state index contributed by atoms with van der Waals surface area (Å²) in [6.45, 7) is 0. The first-order valence-corrected chi connectivity index (χ1v) is 7.29. The second kappa shape index (κ2) is 6.58. The van der Waals surface area contributed by atoms with Crippen LogP contribution in [0.15, 0.2) is 60.8 Å². The molecule has 1 amide bonds. The maximum Gasteiger partial charge on any atom is 0.248 e. The van der Waals surface area contributed by atoms with E-state index < -0.39 is 11.7 Å². The van der Waals surface area contributed by atoms with Gasteiger partial charge in [0.05, 0.1) is 11.2 Å². The number of carbonyl (C=O) groups is 1. The van der Waals surface area contributed by atoms with Gasteiger partial charge >= 0.3 is 0 Å². The number of aromatic nitrogens is 1. The molecule has 0 aliphatic rings. The van der Waals surface area contributed by atoms with Gasteiger partial charge in [0.1, 0.15) is 5.82 Å². The molecule has 0 bridgehead atoms. The van der Waals surface area contributed by atoms with E-state index in [1.165, 1.54) is 24.3 Å². The molecule has 0 aliphatic carbocycles. The van der Waals surface area contributed by atoms with Crippen LogP contribution in [0.5, 0.6) is 0 Å². The summed E-state index contributed by atoms with van der Waals surface area (Å²) in [4.78, 5) is 16.3. The Morgan fingerprint density at radius 3 is 2.87 bits per heavy atom. The van der Waals surface area contributed by atoms with Crippen LogP contribution in [0, 0.1) is 5.82 Å². The molecule has 114 valence electrons. The number of pyridine rings is 1. The number of carbonyl (C=O) groups excluding carboxylic acids is 1. The fraction of sp³-hybridized carbons (Fsp3) is 0. The molecular formula is C18H12ClFN2O. The first-order valence-electron chi connectivity index (χ1n) is 6.91. The molecule has 0 aliphatic heterocycles. The number of fused-ring (bicyclic) bond motifs is 1.